The number of oxazole rings is 1. The summed E-state index contributed by atoms with van der Waals surface area (Å²) in [4.78, 5) is 21.8. The number of alkyl halides is 3. The second-order valence-corrected chi connectivity index (χ2v) is 7.90. The van der Waals surface area contributed by atoms with Crippen molar-refractivity contribution in [2.24, 2.45) is 5.92 Å². The van der Waals surface area contributed by atoms with E-state index >= 15 is 0 Å². The number of aromatic nitrogens is 4. The number of ether oxygens (including phenoxy) is 1. The fourth-order valence-corrected chi connectivity index (χ4v) is 4.02. The van der Waals surface area contributed by atoms with E-state index in [1.165, 1.54) is 0 Å². The monoisotopic (exact) mass is 449 g/mol. The van der Waals surface area contributed by atoms with Crippen molar-refractivity contribution in [3.63, 3.8) is 0 Å². The molecule has 0 atom stereocenters. The maximum Gasteiger partial charge on any atom is 0.391 e. The van der Waals surface area contributed by atoms with Crippen LogP contribution >= 0.6 is 0 Å². The number of anilines is 3. The van der Waals surface area contributed by atoms with Crippen LogP contribution in [0.15, 0.2) is 22.6 Å². The van der Waals surface area contributed by atoms with Crippen LogP contribution in [0.1, 0.15) is 12.8 Å². The second-order valence-electron chi connectivity index (χ2n) is 7.90. The molecule has 0 unspecified atom stereocenters. The molecule has 0 spiro atoms. The Morgan fingerprint density at radius 3 is 2.22 bits per heavy atom. The van der Waals surface area contributed by atoms with E-state index in [0.29, 0.717) is 60.7 Å². The molecule has 4 heterocycles. The summed E-state index contributed by atoms with van der Waals surface area (Å²) >= 11 is 0. The van der Waals surface area contributed by atoms with Gasteiger partial charge < -0.3 is 24.7 Å². The zero-order valence-corrected chi connectivity index (χ0v) is 17.2. The molecule has 0 aliphatic carbocycles. The van der Waals surface area contributed by atoms with Gasteiger partial charge in [-0.15, -0.1) is 0 Å². The number of nitrogens with zero attached hydrogens (tertiary/aromatic N) is 6. The van der Waals surface area contributed by atoms with Crippen molar-refractivity contribution in [2.45, 2.75) is 19.0 Å². The first kappa shape index (κ1) is 20.7. The topological polar surface area (TPSA) is 106 Å². The highest BCUT2D eigenvalue weighted by molar-refractivity contribution is 5.80. The lowest BCUT2D eigenvalue weighted by Crippen LogP contribution is -2.41. The van der Waals surface area contributed by atoms with E-state index in [1.54, 1.807) is 23.1 Å². The van der Waals surface area contributed by atoms with Crippen molar-refractivity contribution in [3.8, 4) is 11.4 Å². The molecule has 2 fully saturated rings. The number of hydrogen-bond donors (Lipinski definition) is 1. The van der Waals surface area contributed by atoms with Crippen molar-refractivity contribution in [3.05, 3.63) is 18.2 Å². The Bertz CT molecular complexity index is 1110. The van der Waals surface area contributed by atoms with Gasteiger partial charge in [-0.05, 0) is 31.0 Å². The molecule has 0 radical (unpaired) electrons. The fourth-order valence-electron chi connectivity index (χ4n) is 4.02. The van der Waals surface area contributed by atoms with Gasteiger partial charge in [-0.1, -0.05) is 0 Å². The smallest absolute Gasteiger partial charge is 0.391 e. The van der Waals surface area contributed by atoms with Gasteiger partial charge in [0.15, 0.2) is 11.4 Å². The van der Waals surface area contributed by atoms with Gasteiger partial charge in [-0.2, -0.15) is 33.1 Å². The van der Waals surface area contributed by atoms with Crippen LogP contribution < -0.4 is 15.5 Å². The summed E-state index contributed by atoms with van der Waals surface area (Å²) < 4.78 is 50.0. The normalized spacial score (nSPS) is 18.5. The zero-order chi connectivity index (χ0) is 22.3. The van der Waals surface area contributed by atoms with E-state index in [1.807, 2.05) is 4.90 Å². The van der Waals surface area contributed by atoms with Crippen LogP contribution in [0.2, 0.25) is 0 Å². The van der Waals surface area contributed by atoms with Crippen LogP contribution in [0.25, 0.3) is 22.5 Å². The number of benzene rings is 1. The van der Waals surface area contributed by atoms with Gasteiger partial charge in [0, 0.05) is 31.7 Å². The van der Waals surface area contributed by atoms with Crippen LogP contribution in [0.4, 0.5) is 31.1 Å². The number of fused-ring (bicyclic) bond motifs is 1. The summed E-state index contributed by atoms with van der Waals surface area (Å²) in [5.41, 5.74) is 7.44. The van der Waals surface area contributed by atoms with E-state index in [9.17, 15) is 13.2 Å². The average Bonchev–Trinajstić information content (AvgIpc) is 3.18. The number of nitrogens with two attached hydrogens (primary N) is 1. The molecule has 2 saturated heterocycles. The summed E-state index contributed by atoms with van der Waals surface area (Å²) in [5, 5.41) is 0. The summed E-state index contributed by atoms with van der Waals surface area (Å²) in [7, 11) is 0. The molecule has 2 aliphatic heterocycles. The Hall–Kier alpha value is -3.15. The van der Waals surface area contributed by atoms with Crippen molar-refractivity contribution in [1.82, 2.24) is 19.9 Å². The van der Waals surface area contributed by atoms with Crippen LogP contribution in [-0.4, -0.2) is 65.5 Å². The van der Waals surface area contributed by atoms with E-state index in [4.69, 9.17) is 14.9 Å². The summed E-state index contributed by atoms with van der Waals surface area (Å²) in [6, 6.07) is 5.37. The largest absolute Gasteiger partial charge is 0.424 e. The molecule has 2 aromatic heterocycles. The minimum absolute atomic E-state index is 0.0155. The highest BCUT2D eigenvalue weighted by atomic mass is 19.4. The first-order chi connectivity index (χ1) is 15.4. The van der Waals surface area contributed by atoms with Crippen molar-refractivity contribution < 1.29 is 22.3 Å². The van der Waals surface area contributed by atoms with Gasteiger partial charge >= 0.3 is 6.18 Å². The van der Waals surface area contributed by atoms with Crippen LogP contribution in [0.5, 0.6) is 0 Å². The Morgan fingerprint density at radius 2 is 1.56 bits per heavy atom. The van der Waals surface area contributed by atoms with Crippen LogP contribution in [-0.2, 0) is 4.74 Å². The maximum absolute atomic E-state index is 13.1. The number of hydrogen-bond acceptors (Lipinski definition) is 9. The molecule has 1 aromatic carbocycles. The molecule has 170 valence electrons. The lowest BCUT2D eigenvalue weighted by Gasteiger charge is -2.33. The first-order valence-electron chi connectivity index (χ1n) is 10.4. The molecule has 0 amide bonds. The van der Waals surface area contributed by atoms with E-state index in [2.05, 4.69) is 19.9 Å². The molecular formula is C20H22F3N7O2. The minimum atomic E-state index is -4.18. The SMILES string of the molecule is Nc1nc2cc(-c3nc(N4CCOCC4)nc(N4CCC(C(F)(F)F)CC4)n3)ccc2o1. The zero-order valence-electron chi connectivity index (χ0n) is 17.2. The quantitative estimate of drug-likeness (QED) is 0.646. The third kappa shape index (κ3) is 4.14. The Morgan fingerprint density at radius 1 is 0.906 bits per heavy atom. The number of rotatable bonds is 3. The standard InChI is InChI=1S/C20H22F3N7O2/c21-20(22,23)13-3-5-29(6-4-13)18-26-16(27-19(28-18)30-7-9-31-10-8-30)12-1-2-15-14(11-12)25-17(24)32-15/h1-2,11,13H,3-10H2,(H2,24,25). The molecular weight excluding hydrogens is 427 g/mol. The molecule has 32 heavy (non-hydrogen) atoms. The van der Waals surface area contributed by atoms with Gasteiger partial charge in [0.2, 0.25) is 11.9 Å². The Balaban J connectivity index is 1.50. The number of morpholine rings is 1. The van der Waals surface area contributed by atoms with E-state index in [0.717, 1.165) is 0 Å². The average molecular weight is 449 g/mol. The van der Waals surface area contributed by atoms with Crippen LogP contribution in [0, 0.1) is 5.92 Å². The second kappa shape index (κ2) is 8.08. The number of piperidine rings is 1. The predicted octanol–water partition coefficient (Wildman–Crippen LogP) is 2.88. The molecule has 3 aromatic rings. The lowest BCUT2D eigenvalue weighted by molar-refractivity contribution is -0.179. The number of nitrogen functional groups attached to an aromatic ring is 1. The lowest BCUT2D eigenvalue weighted by atomic mass is 9.96. The van der Waals surface area contributed by atoms with Crippen molar-refractivity contribution in [2.75, 3.05) is 54.9 Å². The van der Waals surface area contributed by atoms with Gasteiger partial charge in [0.1, 0.15) is 5.52 Å². The Labute approximate surface area is 181 Å². The fraction of sp³-hybridized carbons (Fsp3) is 0.500. The van der Waals surface area contributed by atoms with Crippen LogP contribution in [0.3, 0.4) is 0 Å². The van der Waals surface area contributed by atoms with E-state index < -0.39 is 12.1 Å². The van der Waals surface area contributed by atoms with Gasteiger partial charge in [-0.3, -0.25) is 0 Å². The Kier molecular flexibility index (Phi) is 5.24. The van der Waals surface area contributed by atoms with Crippen molar-refractivity contribution >= 4 is 29.0 Å². The third-order valence-corrected chi connectivity index (χ3v) is 5.81. The molecule has 2 aliphatic rings. The molecule has 9 nitrogen and oxygen atoms in total. The summed E-state index contributed by atoms with van der Waals surface area (Å²) in [5.74, 6) is -0.0281. The highest BCUT2D eigenvalue weighted by Crippen LogP contribution is 2.35. The molecule has 2 N–H and O–H groups in total. The maximum atomic E-state index is 13.1. The summed E-state index contributed by atoms with van der Waals surface area (Å²) in [6.07, 6.45) is -4.15. The van der Waals surface area contributed by atoms with Gasteiger partial charge in [0.25, 0.3) is 6.01 Å². The minimum Gasteiger partial charge on any atom is -0.424 e. The van der Waals surface area contributed by atoms with Gasteiger partial charge in [-0.25, -0.2) is 0 Å². The third-order valence-electron chi connectivity index (χ3n) is 5.81. The highest BCUT2D eigenvalue weighted by Gasteiger charge is 2.41. The molecule has 0 saturated carbocycles. The summed E-state index contributed by atoms with van der Waals surface area (Å²) in [6.45, 7) is 2.81. The number of halogens is 3. The van der Waals surface area contributed by atoms with Crippen molar-refractivity contribution in [1.29, 1.82) is 0 Å². The van der Waals surface area contributed by atoms with E-state index in [-0.39, 0.29) is 31.9 Å². The molecule has 0 bridgehead atoms. The predicted molar refractivity (Wildman–Crippen MR) is 111 cm³/mol. The molecule has 5 rings (SSSR count). The first-order valence-corrected chi connectivity index (χ1v) is 10.4. The van der Waals surface area contributed by atoms with Gasteiger partial charge in [0.05, 0.1) is 19.1 Å². The molecule has 12 heteroatoms.